The van der Waals surface area contributed by atoms with Crippen molar-refractivity contribution in [3.8, 4) is 11.5 Å². The predicted molar refractivity (Wildman–Crippen MR) is 125 cm³/mol. The number of carbonyl (C=O) groups is 2. The Morgan fingerprint density at radius 1 is 0.971 bits per heavy atom. The van der Waals surface area contributed by atoms with Gasteiger partial charge in [-0.3, -0.25) is 9.52 Å². The molecule has 0 atom stereocenters. The lowest BCUT2D eigenvalue weighted by molar-refractivity contribution is -0.152. The van der Waals surface area contributed by atoms with Crippen molar-refractivity contribution in [3.63, 3.8) is 0 Å². The molecular weight excluding hydrogens is 460 g/mol. The lowest BCUT2D eigenvalue weighted by Crippen LogP contribution is -2.56. The summed E-state index contributed by atoms with van der Waals surface area (Å²) in [5, 5.41) is 2.88. The van der Waals surface area contributed by atoms with E-state index in [0.717, 1.165) is 19.3 Å². The molecule has 1 fully saturated rings. The van der Waals surface area contributed by atoms with Gasteiger partial charge in [-0.1, -0.05) is 19.3 Å². The summed E-state index contributed by atoms with van der Waals surface area (Å²) in [4.78, 5) is 25.5. The van der Waals surface area contributed by atoms with Gasteiger partial charge in [-0.15, -0.1) is 0 Å². The van der Waals surface area contributed by atoms with Crippen LogP contribution in [0.1, 0.15) is 49.4 Å². The quantitative estimate of drug-likeness (QED) is 0.574. The number of benzene rings is 2. The van der Waals surface area contributed by atoms with E-state index in [0.29, 0.717) is 48.8 Å². The zero-order chi connectivity index (χ0) is 24.2. The molecule has 0 radical (unpaired) electrons. The third kappa shape index (κ3) is 5.11. The van der Waals surface area contributed by atoms with Crippen molar-refractivity contribution < 1.29 is 32.2 Å². The third-order valence-electron chi connectivity index (χ3n) is 5.95. The molecule has 2 aliphatic rings. The van der Waals surface area contributed by atoms with Crippen LogP contribution >= 0.6 is 0 Å². The fourth-order valence-electron chi connectivity index (χ4n) is 4.19. The summed E-state index contributed by atoms with van der Waals surface area (Å²) >= 11 is 0. The molecule has 9 nitrogen and oxygen atoms in total. The van der Waals surface area contributed by atoms with Crippen molar-refractivity contribution in [2.45, 2.75) is 49.5 Å². The van der Waals surface area contributed by atoms with Crippen LogP contribution in [0.3, 0.4) is 0 Å². The van der Waals surface area contributed by atoms with Crippen LogP contribution in [0, 0.1) is 0 Å². The molecule has 0 unspecified atom stereocenters. The van der Waals surface area contributed by atoms with E-state index in [1.54, 1.807) is 13.0 Å². The number of rotatable bonds is 7. The van der Waals surface area contributed by atoms with Crippen molar-refractivity contribution >= 4 is 27.6 Å². The highest BCUT2D eigenvalue weighted by atomic mass is 32.2. The number of hydrogen-bond donors (Lipinski definition) is 2. The second-order valence-corrected chi connectivity index (χ2v) is 9.99. The SMILES string of the molecule is CCOC(=O)C1(NC(=O)c2ccc(NS(=O)(=O)c3ccc4c(c3)OCCO4)cc2)CCCCC1. The Balaban J connectivity index is 1.46. The largest absolute Gasteiger partial charge is 0.486 e. The fraction of sp³-hybridized carbons (Fsp3) is 0.417. The number of esters is 1. The van der Waals surface area contributed by atoms with Crippen molar-refractivity contribution in [2.24, 2.45) is 0 Å². The molecule has 2 aromatic rings. The molecule has 1 amide bonds. The topological polar surface area (TPSA) is 120 Å². The van der Waals surface area contributed by atoms with E-state index in [1.807, 2.05) is 0 Å². The number of carbonyl (C=O) groups excluding carboxylic acids is 2. The molecule has 2 N–H and O–H groups in total. The van der Waals surface area contributed by atoms with Crippen molar-refractivity contribution in [1.29, 1.82) is 0 Å². The lowest BCUT2D eigenvalue weighted by atomic mass is 9.81. The van der Waals surface area contributed by atoms with Crippen LogP contribution < -0.4 is 19.5 Å². The molecule has 182 valence electrons. The summed E-state index contributed by atoms with van der Waals surface area (Å²) in [5.41, 5.74) is -0.412. The van der Waals surface area contributed by atoms with Gasteiger partial charge in [-0.05, 0) is 56.2 Å². The molecule has 1 aliphatic heterocycles. The zero-order valence-electron chi connectivity index (χ0n) is 19.0. The van der Waals surface area contributed by atoms with Gasteiger partial charge in [0.15, 0.2) is 11.5 Å². The summed E-state index contributed by atoms with van der Waals surface area (Å²) in [5.74, 6) is 0.0570. The van der Waals surface area contributed by atoms with Gasteiger partial charge >= 0.3 is 5.97 Å². The maximum absolute atomic E-state index is 12.9. The normalized spacial score (nSPS) is 16.9. The van der Waals surface area contributed by atoms with Crippen LogP contribution in [-0.2, 0) is 19.6 Å². The molecule has 1 heterocycles. The number of anilines is 1. The Bertz CT molecular complexity index is 1160. The standard InChI is InChI=1S/C24H28N2O7S/c1-2-31-23(28)24(12-4-3-5-13-24)25-22(27)17-6-8-18(9-7-17)26-34(29,30)19-10-11-20-21(16-19)33-15-14-32-20/h6-11,16,26H,2-5,12-15H2,1H3,(H,25,27). The van der Waals surface area contributed by atoms with Crippen LogP contribution in [-0.4, -0.2) is 45.7 Å². The van der Waals surface area contributed by atoms with Crippen molar-refractivity contribution in [2.75, 3.05) is 24.5 Å². The molecule has 2 aromatic carbocycles. The highest BCUT2D eigenvalue weighted by Crippen LogP contribution is 2.33. The van der Waals surface area contributed by atoms with E-state index < -0.39 is 27.4 Å². The second kappa shape index (κ2) is 9.92. The maximum atomic E-state index is 12.9. The van der Waals surface area contributed by atoms with Gasteiger partial charge in [0.1, 0.15) is 18.8 Å². The minimum atomic E-state index is -3.88. The molecule has 0 aromatic heterocycles. The maximum Gasteiger partial charge on any atom is 0.331 e. The summed E-state index contributed by atoms with van der Waals surface area (Å²) in [6, 6.07) is 10.4. The molecule has 1 aliphatic carbocycles. The zero-order valence-corrected chi connectivity index (χ0v) is 19.8. The molecule has 0 spiro atoms. The Hall–Kier alpha value is -3.27. The molecule has 4 rings (SSSR count). The average molecular weight is 489 g/mol. The Morgan fingerprint density at radius 2 is 1.65 bits per heavy atom. The van der Waals surface area contributed by atoms with E-state index in [2.05, 4.69) is 10.0 Å². The number of amides is 1. The number of fused-ring (bicyclic) bond motifs is 1. The Morgan fingerprint density at radius 3 is 2.32 bits per heavy atom. The molecule has 0 saturated heterocycles. The first-order chi connectivity index (χ1) is 16.3. The predicted octanol–water partition coefficient (Wildman–Crippen LogP) is 3.25. The van der Waals surface area contributed by atoms with Gasteiger partial charge in [-0.25, -0.2) is 13.2 Å². The number of nitrogens with one attached hydrogen (secondary N) is 2. The monoisotopic (exact) mass is 488 g/mol. The summed E-state index contributed by atoms with van der Waals surface area (Å²) in [6.07, 6.45) is 3.74. The molecule has 1 saturated carbocycles. The second-order valence-electron chi connectivity index (χ2n) is 8.31. The average Bonchev–Trinajstić information content (AvgIpc) is 2.84. The smallest absolute Gasteiger partial charge is 0.331 e. The van der Waals surface area contributed by atoms with Crippen LogP contribution in [0.25, 0.3) is 0 Å². The van der Waals surface area contributed by atoms with E-state index in [1.165, 1.54) is 36.4 Å². The fourth-order valence-corrected chi connectivity index (χ4v) is 5.26. The van der Waals surface area contributed by atoms with Gasteiger partial charge in [0.2, 0.25) is 0 Å². The van der Waals surface area contributed by atoms with Crippen molar-refractivity contribution in [3.05, 3.63) is 48.0 Å². The molecule has 10 heteroatoms. The summed E-state index contributed by atoms with van der Waals surface area (Å²) in [7, 11) is -3.88. The number of ether oxygens (including phenoxy) is 3. The highest BCUT2D eigenvalue weighted by molar-refractivity contribution is 7.92. The molecular formula is C24H28N2O7S. The van der Waals surface area contributed by atoms with Gasteiger partial charge in [0, 0.05) is 17.3 Å². The Labute approximate surface area is 198 Å². The summed E-state index contributed by atoms with van der Waals surface area (Å²) < 4.78 is 44.2. The minimum absolute atomic E-state index is 0.0345. The van der Waals surface area contributed by atoms with E-state index in [-0.39, 0.29) is 11.5 Å². The Kier molecular flexibility index (Phi) is 6.97. The minimum Gasteiger partial charge on any atom is -0.486 e. The molecule has 34 heavy (non-hydrogen) atoms. The van der Waals surface area contributed by atoms with Crippen LogP contribution in [0.4, 0.5) is 5.69 Å². The van der Waals surface area contributed by atoms with Gasteiger partial charge in [0.05, 0.1) is 11.5 Å². The number of hydrogen-bond acceptors (Lipinski definition) is 7. The first-order valence-electron chi connectivity index (χ1n) is 11.4. The van der Waals surface area contributed by atoms with E-state index in [9.17, 15) is 18.0 Å². The van der Waals surface area contributed by atoms with E-state index >= 15 is 0 Å². The van der Waals surface area contributed by atoms with Crippen molar-refractivity contribution in [1.82, 2.24) is 5.32 Å². The van der Waals surface area contributed by atoms with E-state index in [4.69, 9.17) is 14.2 Å². The van der Waals surface area contributed by atoms with Gasteiger partial charge in [0.25, 0.3) is 15.9 Å². The van der Waals surface area contributed by atoms with Crippen LogP contribution in [0.2, 0.25) is 0 Å². The van der Waals surface area contributed by atoms with Crippen LogP contribution in [0.5, 0.6) is 11.5 Å². The van der Waals surface area contributed by atoms with Crippen LogP contribution in [0.15, 0.2) is 47.4 Å². The van der Waals surface area contributed by atoms with Gasteiger partial charge in [-0.2, -0.15) is 0 Å². The molecule has 0 bridgehead atoms. The summed E-state index contributed by atoms with van der Waals surface area (Å²) in [6.45, 7) is 2.75. The first kappa shape index (κ1) is 23.9. The highest BCUT2D eigenvalue weighted by Gasteiger charge is 2.42. The number of sulfonamides is 1. The first-order valence-corrected chi connectivity index (χ1v) is 12.8. The lowest BCUT2D eigenvalue weighted by Gasteiger charge is -2.35. The third-order valence-corrected chi connectivity index (χ3v) is 7.33. The van der Waals surface area contributed by atoms with Gasteiger partial charge < -0.3 is 19.5 Å².